The molecule has 0 bridgehead atoms. The molecule has 0 radical (unpaired) electrons. The third-order valence-corrected chi connectivity index (χ3v) is 3.48. The lowest BCUT2D eigenvalue weighted by Gasteiger charge is -2.16. The molecular formula is C12H18ClNO2S. The lowest BCUT2D eigenvalue weighted by atomic mass is 10.5. The van der Waals surface area contributed by atoms with E-state index in [9.17, 15) is 0 Å². The summed E-state index contributed by atoms with van der Waals surface area (Å²) in [6.45, 7) is 5.27. The van der Waals surface area contributed by atoms with Crippen molar-refractivity contribution in [3.05, 3.63) is 23.4 Å². The van der Waals surface area contributed by atoms with Gasteiger partial charge in [-0.2, -0.15) is 0 Å². The molecule has 0 aliphatic carbocycles. The molecule has 1 aromatic rings. The molecule has 96 valence electrons. The quantitative estimate of drug-likeness (QED) is 0.536. The lowest BCUT2D eigenvalue weighted by molar-refractivity contribution is -0.136. The van der Waals surface area contributed by atoms with Crippen molar-refractivity contribution in [1.29, 1.82) is 0 Å². The number of hydrogen-bond acceptors (Lipinski definition) is 4. The summed E-state index contributed by atoms with van der Waals surface area (Å²) in [6.07, 6.45) is 2.45. The van der Waals surface area contributed by atoms with Crippen LogP contribution in [0.5, 0.6) is 0 Å². The Kier molecular flexibility index (Phi) is 7.60. The molecule has 0 fully saturated rings. The Balaban J connectivity index is 2.33. The fourth-order valence-corrected chi connectivity index (χ4v) is 2.45. The van der Waals surface area contributed by atoms with Crippen LogP contribution in [0.25, 0.3) is 0 Å². The number of hydrogen-bond donors (Lipinski definition) is 0. The van der Waals surface area contributed by atoms with E-state index in [1.807, 2.05) is 26.0 Å². The minimum absolute atomic E-state index is 0.125. The third-order valence-electron chi connectivity index (χ3n) is 2.02. The monoisotopic (exact) mass is 275 g/mol. The second-order valence-corrected chi connectivity index (χ2v) is 4.76. The van der Waals surface area contributed by atoms with Gasteiger partial charge in [0.05, 0.1) is 5.02 Å². The van der Waals surface area contributed by atoms with Crippen LogP contribution in [-0.2, 0) is 9.47 Å². The highest BCUT2D eigenvalue weighted by atomic mass is 35.5. The highest BCUT2D eigenvalue weighted by Crippen LogP contribution is 2.25. The topological polar surface area (TPSA) is 31.4 Å². The summed E-state index contributed by atoms with van der Waals surface area (Å²) in [5.74, 6) is 0.876. The smallest absolute Gasteiger partial charge is 0.158 e. The molecule has 0 spiro atoms. The molecule has 1 heterocycles. The van der Waals surface area contributed by atoms with Gasteiger partial charge in [0, 0.05) is 31.6 Å². The zero-order valence-corrected chi connectivity index (χ0v) is 11.8. The van der Waals surface area contributed by atoms with Gasteiger partial charge in [0.15, 0.2) is 6.29 Å². The summed E-state index contributed by atoms with van der Waals surface area (Å²) in [4.78, 5) is 4.22. The first-order chi connectivity index (χ1) is 8.27. The highest BCUT2D eigenvalue weighted by molar-refractivity contribution is 7.99. The highest BCUT2D eigenvalue weighted by Gasteiger charge is 2.09. The summed E-state index contributed by atoms with van der Waals surface area (Å²) in [7, 11) is 0. The molecule has 0 aliphatic rings. The number of ether oxygens (including phenoxy) is 2. The predicted molar refractivity (Wildman–Crippen MR) is 71.6 cm³/mol. The van der Waals surface area contributed by atoms with E-state index >= 15 is 0 Å². The Morgan fingerprint density at radius 3 is 2.65 bits per heavy atom. The molecule has 1 rings (SSSR count). The van der Waals surface area contributed by atoms with Gasteiger partial charge in [-0.05, 0) is 26.0 Å². The van der Waals surface area contributed by atoms with E-state index < -0.39 is 0 Å². The summed E-state index contributed by atoms with van der Waals surface area (Å²) in [5.41, 5.74) is 0. The van der Waals surface area contributed by atoms with Crippen molar-refractivity contribution in [2.45, 2.75) is 31.6 Å². The average Bonchev–Trinajstić information content (AvgIpc) is 2.32. The zero-order valence-electron chi connectivity index (χ0n) is 10.2. The molecule has 0 aliphatic heterocycles. The normalized spacial score (nSPS) is 11.1. The third kappa shape index (κ3) is 5.73. The summed E-state index contributed by atoms with van der Waals surface area (Å²) < 4.78 is 10.9. The molecule has 0 aromatic carbocycles. The van der Waals surface area contributed by atoms with E-state index in [-0.39, 0.29) is 6.29 Å². The van der Waals surface area contributed by atoms with Crippen molar-refractivity contribution in [2.24, 2.45) is 0 Å². The van der Waals surface area contributed by atoms with Crippen molar-refractivity contribution in [3.63, 3.8) is 0 Å². The van der Waals surface area contributed by atoms with E-state index in [1.165, 1.54) is 0 Å². The van der Waals surface area contributed by atoms with Gasteiger partial charge >= 0.3 is 0 Å². The van der Waals surface area contributed by atoms with E-state index in [0.29, 0.717) is 18.2 Å². The van der Waals surface area contributed by atoms with Crippen LogP contribution in [0.2, 0.25) is 5.02 Å². The standard InChI is InChI=1S/C12H18ClNO2S/c1-3-15-11(16-4-2)7-9-17-12-10(13)6-5-8-14-12/h5-6,8,11H,3-4,7,9H2,1-2H3. The van der Waals surface area contributed by atoms with Gasteiger partial charge in [-0.3, -0.25) is 0 Å². The molecule has 5 heteroatoms. The Morgan fingerprint density at radius 2 is 2.06 bits per heavy atom. The largest absolute Gasteiger partial charge is 0.353 e. The fourth-order valence-electron chi connectivity index (χ4n) is 1.32. The number of halogens is 1. The lowest BCUT2D eigenvalue weighted by Crippen LogP contribution is -2.18. The van der Waals surface area contributed by atoms with E-state index in [0.717, 1.165) is 17.2 Å². The Labute approximate surface area is 112 Å². The average molecular weight is 276 g/mol. The number of pyridine rings is 1. The predicted octanol–water partition coefficient (Wildman–Crippen LogP) is 3.62. The van der Waals surface area contributed by atoms with Gasteiger partial charge in [-0.25, -0.2) is 4.98 Å². The summed E-state index contributed by atoms with van der Waals surface area (Å²) in [6, 6.07) is 3.68. The first-order valence-electron chi connectivity index (χ1n) is 5.74. The number of aromatic nitrogens is 1. The zero-order chi connectivity index (χ0) is 12.5. The minimum atomic E-state index is -0.125. The second kappa shape index (κ2) is 8.75. The Hall–Kier alpha value is -0.290. The Morgan fingerprint density at radius 1 is 1.35 bits per heavy atom. The van der Waals surface area contributed by atoms with Crippen LogP contribution in [0, 0.1) is 0 Å². The first-order valence-corrected chi connectivity index (χ1v) is 7.10. The van der Waals surface area contributed by atoms with Crippen LogP contribution in [0.3, 0.4) is 0 Å². The van der Waals surface area contributed by atoms with Crippen LogP contribution in [0.15, 0.2) is 23.4 Å². The van der Waals surface area contributed by atoms with Gasteiger partial charge in [0.25, 0.3) is 0 Å². The molecule has 0 unspecified atom stereocenters. The molecule has 1 aromatic heterocycles. The fraction of sp³-hybridized carbons (Fsp3) is 0.583. The maximum absolute atomic E-state index is 6.02. The Bertz CT molecular complexity index is 319. The molecule has 3 nitrogen and oxygen atoms in total. The van der Waals surface area contributed by atoms with Crippen molar-refractivity contribution in [2.75, 3.05) is 19.0 Å². The van der Waals surface area contributed by atoms with Gasteiger partial charge in [0.2, 0.25) is 0 Å². The van der Waals surface area contributed by atoms with Gasteiger partial charge in [0.1, 0.15) is 5.03 Å². The van der Waals surface area contributed by atoms with Crippen molar-refractivity contribution in [3.8, 4) is 0 Å². The van der Waals surface area contributed by atoms with E-state index in [4.69, 9.17) is 21.1 Å². The SMILES string of the molecule is CCOC(CCSc1ncccc1Cl)OCC. The molecule has 0 N–H and O–H groups in total. The molecular weight excluding hydrogens is 258 g/mol. The maximum Gasteiger partial charge on any atom is 0.158 e. The second-order valence-electron chi connectivity index (χ2n) is 3.27. The van der Waals surface area contributed by atoms with Gasteiger partial charge in [-0.15, -0.1) is 11.8 Å². The van der Waals surface area contributed by atoms with Crippen molar-refractivity contribution >= 4 is 23.4 Å². The van der Waals surface area contributed by atoms with E-state index in [1.54, 1.807) is 18.0 Å². The first kappa shape index (κ1) is 14.8. The molecule has 0 atom stereocenters. The number of thioether (sulfide) groups is 1. The molecule has 0 saturated heterocycles. The minimum Gasteiger partial charge on any atom is -0.353 e. The number of nitrogens with zero attached hydrogens (tertiary/aromatic N) is 1. The van der Waals surface area contributed by atoms with Gasteiger partial charge < -0.3 is 9.47 Å². The summed E-state index contributed by atoms with van der Waals surface area (Å²) in [5, 5.41) is 1.56. The summed E-state index contributed by atoms with van der Waals surface area (Å²) >= 11 is 7.64. The molecule has 17 heavy (non-hydrogen) atoms. The van der Waals surface area contributed by atoms with Crippen molar-refractivity contribution in [1.82, 2.24) is 4.98 Å². The van der Waals surface area contributed by atoms with Gasteiger partial charge in [-0.1, -0.05) is 11.6 Å². The van der Waals surface area contributed by atoms with Crippen LogP contribution < -0.4 is 0 Å². The van der Waals surface area contributed by atoms with Crippen LogP contribution in [0.1, 0.15) is 20.3 Å². The molecule has 0 amide bonds. The van der Waals surface area contributed by atoms with Crippen LogP contribution in [-0.4, -0.2) is 30.2 Å². The number of rotatable bonds is 8. The maximum atomic E-state index is 6.02. The van der Waals surface area contributed by atoms with Crippen molar-refractivity contribution < 1.29 is 9.47 Å². The van der Waals surface area contributed by atoms with E-state index in [2.05, 4.69) is 4.98 Å². The molecule has 0 saturated carbocycles. The van der Waals surface area contributed by atoms with Crippen LogP contribution >= 0.6 is 23.4 Å². The van der Waals surface area contributed by atoms with Crippen LogP contribution in [0.4, 0.5) is 0 Å².